The number of carbonyl (C=O) groups excluding carboxylic acids is 1. The van der Waals surface area contributed by atoms with Gasteiger partial charge < -0.3 is 14.8 Å². The number of aromatic carboxylic acids is 1. The third kappa shape index (κ3) is 2.96. The maximum Gasteiger partial charge on any atom is 0.372 e. The maximum atomic E-state index is 11.8. The fraction of sp³-hybridized carbons (Fsp3) is 0.538. The Morgan fingerprint density at radius 3 is 3.00 bits per heavy atom. The smallest absolute Gasteiger partial charge is 0.372 e. The molecule has 1 aromatic heterocycles. The predicted octanol–water partition coefficient (Wildman–Crippen LogP) is 1.08. The summed E-state index contributed by atoms with van der Waals surface area (Å²) in [6, 6.07) is 1.47. The Morgan fingerprint density at radius 1 is 1.53 bits per heavy atom. The lowest BCUT2D eigenvalue weighted by Gasteiger charge is -2.34. The Kier molecular flexibility index (Phi) is 4.21. The van der Waals surface area contributed by atoms with Crippen LogP contribution in [0.1, 0.15) is 35.4 Å². The molecule has 1 amide bonds. The van der Waals surface area contributed by atoms with Gasteiger partial charge in [-0.05, 0) is 25.5 Å². The SMILES string of the molecule is CNC(=O)C1CCCCN1Cc1ccoc1C(=O)O. The molecule has 1 fully saturated rings. The first-order chi connectivity index (χ1) is 9.13. The van der Waals surface area contributed by atoms with Crippen molar-refractivity contribution in [2.45, 2.75) is 31.8 Å². The minimum Gasteiger partial charge on any atom is -0.475 e. The van der Waals surface area contributed by atoms with E-state index in [4.69, 9.17) is 9.52 Å². The topological polar surface area (TPSA) is 82.8 Å². The number of carbonyl (C=O) groups is 2. The zero-order valence-electron chi connectivity index (χ0n) is 10.9. The molecule has 1 saturated heterocycles. The summed E-state index contributed by atoms with van der Waals surface area (Å²) in [6.45, 7) is 1.22. The first-order valence-electron chi connectivity index (χ1n) is 6.38. The predicted molar refractivity (Wildman–Crippen MR) is 67.8 cm³/mol. The fourth-order valence-corrected chi connectivity index (χ4v) is 2.51. The van der Waals surface area contributed by atoms with Crippen molar-refractivity contribution < 1.29 is 19.1 Å². The van der Waals surface area contributed by atoms with Gasteiger partial charge >= 0.3 is 5.97 Å². The van der Waals surface area contributed by atoms with E-state index >= 15 is 0 Å². The first-order valence-corrected chi connectivity index (χ1v) is 6.38. The number of carboxylic acids is 1. The molecule has 6 heteroatoms. The summed E-state index contributed by atoms with van der Waals surface area (Å²) < 4.78 is 4.96. The lowest BCUT2D eigenvalue weighted by molar-refractivity contribution is -0.127. The number of likely N-dealkylation sites (tertiary alicyclic amines) is 1. The van der Waals surface area contributed by atoms with E-state index in [9.17, 15) is 9.59 Å². The van der Waals surface area contributed by atoms with Crippen molar-refractivity contribution in [2.24, 2.45) is 0 Å². The Balaban J connectivity index is 2.13. The highest BCUT2D eigenvalue weighted by atomic mass is 16.4. The number of nitrogens with zero attached hydrogens (tertiary/aromatic N) is 1. The summed E-state index contributed by atoms with van der Waals surface area (Å²) in [4.78, 5) is 24.9. The van der Waals surface area contributed by atoms with Gasteiger partial charge in [-0.3, -0.25) is 9.69 Å². The molecule has 2 N–H and O–H groups in total. The van der Waals surface area contributed by atoms with Crippen molar-refractivity contribution in [1.29, 1.82) is 0 Å². The van der Waals surface area contributed by atoms with Crippen LogP contribution in [0.5, 0.6) is 0 Å². The van der Waals surface area contributed by atoms with Crippen molar-refractivity contribution in [3.05, 3.63) is 23.7 Å². The van der Waals surface area contributed by atoms with Crippen LogP contribution in [0.3, 0.4) is 0 Å². The second kappa shape index (κ2) is 5.88. The van der Waals surface area contributed by atoms with Crippen molar-refractivity contribution in [3.8, 4) is 0 Å². The van der Waals surface area contributed by atoms with Crippen LogP contribution in [0, 0.1) is 0 Å². The summed E-state index contributed by atoms with van der Waals surface area (Å²) in [5.74, 6) is -1.13. The van der Waals surface area contributed by atoms with E-state index in [0.29, 0.717) is 12.1 Å². The van der Waals surface area contributed by atoms with Gasteiger partial charge in [-0.15, -0.1) is 0 Å². The van der Waals surface area contributed by atoms with Crippen LogP contribution in [-0.4, -0.2) is 41.5 Å². The molecule has 0 saturated carbocycles. The minimum absolute atomic E-state index is 0.0138. The van der Waals surface area contributed by atoms with E-state index in [2.05, 4.69) is 5.32 Å². The monoisotopic (exact) mass is 266 g/mol. The fourth-order valence-electron chi connectivity index (χ4n) is 2.51. The minimum atomic E-state index is -1.08. The lowest BCUT2D eigenvalue weighted by atomic mass is 10.0. The molecule has 19 heavy (non-hydrogen) atoms. The largest absolute Gasteiger partial charge is 0.475 e. The molecule has 0 radical (unpaired) electrons. The molecule has 2 rings (SSSR count). The lowest BCUT2D eigenvalue weighted by Crippen LogP contribution is -2.48. The van der Waals surface area contributed by atoms with Crippen molar-refractivity contribution in [1.82, 2.24) is 10.2 Å². The third-order valence-electron chi connectivity index (χ3n) is 3.48. The van der Waals surface area contributed by atoms with Crippen LogP contribution in [0.4, 0.5) is 0 Å². The zero-order chi connectivity index (χ0) is 13.8. The van der Waals surface area contributed by atoms with Gasteiger partial charge in [-0.2, -0.15) is 0 Å². The molecule has 0 aromatic carbocycles. The van der Waals surface area contributed by atoms with Crippen LogP contribution in [0.15, 0.2) is 16.7 Å². The van der Waals surface area contributed by atoms with Gasteiger partial charge in [0.2, 0.25) is 11.7 Å². The van der Waals surface area contributed by atoms with Crippen LogP contribution in [-0.2, 0) is 11.3 Å². The van der Waals surface area contributed by atoms with Crippen LogP contribution in [0.2, 0.25) is 0 Å². The molecule has 0 aliphatic carbocycles. The highest BCUT2D eigenvalue weighted by molar-refractivity contribution is 5.86. The summed E-state index contributed by atoms with van der Waals surface area (Å²) >= 11 is 0. The molecule has 2 heterocycles. The molecule has 1 atom stereocenters. The van der Waals surface area contributed by atoms with Gasteiger partial charge in [0.25, 0.3) is 0 Å². The van der Waals surface area contributed by atoms with Gasteiger partial charge in [0, 0.05) is 19.2 Å². The molecule has 104 valence electrons. The van der Waals surface area contributed by atoms with Crippen LogP contribution >= 0.6 is 0 Å². The summed E-state index contributed by atoms with van der Waals surface area (Å²) in [5, 5.41) is 11.7. The first kappa shape index (κ1) is 13.6. The molecule has 1 aliphatic heterocycles. The molecule has 1 aliphatic rings. The number of carboxylic acid groups (broad SMARTS) is 1. The number of hydrogen-bond donors (Lipinski definition) is 2. The third-order valence-corrected chi connectivity index (χ3v) is 3.48. The van der Waals surface area contributed by atoms with E-state index in [-0.39, 0.29) is 17.7 Å². The van der Waals surface area contributed by atoms with Crippen LogP contribution in [0.25, 0.3) is 0 Å². The van der Waals surface area contributed by atoms with E-state index in [0.717, 1.165) is 25.8 Å². The van der Waals surface area contributed by atoms with Crippen LogP contribution < -0.4 is 5.32 Å². The van der Waals surface area contributed by atoms with E-state index < -0.39 is 5.97 Å². The maximum absolute atomic E-state index is 11.8. The number of nitrogens with one attached hydrogen (secondary N) is 1. The van der Waals surface area contributed by atoms with E-state index in [1.54, 1.807) is 13.1 Å². The summed E-state index contributed by atoms with van der Waals surface area (Å²) in [5.41, 5.74) is 0.614. The average molecular weight is 266 g/mol. The molecule has 0 spiro atoms. The molecule has 0 bridgehead atoms. The Bertz CT molecular complexity index is 469. The normalized spacial score (nSPS) is 20.2. The molecule has 6 nitrogen and oxygen atoms in total. The summed E-state index contributed by atoms with van der Waals surface area (Å²) in [7, 11) is 1.62. The number of amides is 1. The second-order valence-corrected chi connectivity index (χ2v) is 4.68. The molecular formula is C13H18N2O4. The number of likely N-dealkylation sites (N-methyl/N-ethyl adjacent to an activating group) is 1. The van der Waals surface area contributed by atoms with E-state index in [1.807, 2.05) is 4.90 Å². The van der Waals surface area contributed by atoms with E-state index in [1.165, 1.54) is 6.26 Å². The molecule has 1 aromatic rings. The summed E-state index contributed by atoms with van der Waals surface area (Å²) in [6.07, 6.45) is 4.22. The van der Waals surface area contributed by atoms with Gasteiger partial charge in [0.15, 0.2) is 0 Å². The van der Waals surface area contributed by atoms with Crippen molar-refractivity contribution in [2.75, 3.05) is 13.6 Å². The Morgan fingerprint density at radius 2 is 2.32 bits per heavy atom. The van der Waals surface area contributed by atoms with Crippen molar-refractivity contribution in [3.63, 3.8) is 0 Å². The Hall–Kier alpha value is -1.82. The highest BCUT2D eigenvalue weighted by Gasteiger charge is 2.29. The molecular weight excluding hydrogens is 248 g/mol. The van der Waals surface area contributed by atoms with Gasteiger partial charge in [-0.1, -0.05) is 6.42 Å². The van der Waals surface area contributed by atoms with Gasteiger partial charge in [0.05, 0.1) is 12.3 Å². The van der Waals surface area contributed by atoms with Gasteiger partial charge in [0.1, 0.15) is 0 Å². The molecule has 1 unspecified atom stereocenters. The number of furan rings is 1. The zero-order valence-corrected chi connectivity index (χ0v) is 10.9. The second-order valence-electron chi connectivity index (χ2n) is 4.68. The average Bonchev–Trinajstić information content (AvgIpc) is 2.87. The number of rotatable bonds is 4. The number of piperidine rings is 1. The van der Waals surface area contributed by atoms with Gasteiger partial charge in [-0.25, -0.2) is 4.79 Å². The Labute approximate surface area is 111 Å². The highest BCUT2D eigenvalue weighted by Crippen LogP contribution is 2.22. The number of hydrogen-bond acceptors (Lipinski definition) is 4. The standard InChI is InChI=1S/C13H18N2O4/c1-14-12(16)10-4-2-3-6-15(10)8-9-5-7-19-11(9)13(17)18/h5,7,10H,2-4,6,8H2,1H3,(H,14,16)(H,17,18). The van der Waals surface area contributed by atoms with Crippen molar-refractivity contribution >= 4 is 11.9 Å². The quantitative estimate of drug-likeness (QED) is 0.852.